The molecule has 1 aliphatic rings. The second-order valence-electron chi connectivity index (χ2n) is 9.41. The number of nitrogens with one attached hydrogen (secondary N) is 1. The molecule has 2 amide bonds. The fourth-order valence-corrected chi connectivity index (χ4v) is 5.20. The Morgan fingerprint density at radius 1 is 1.00 bits per heavy atom. The second kappa shape index (κ2) is 13.1. The molecular formula is C30H31Cl2N3O3. The van der Waals surface area contributed by atoms with Crippen LogP contribution in [0.4, 0.5) is 0 Å². The number of carbonyl (C=O) groups is 2. The molecule has 3 aromatic carbocycles. The lowest BCUT2D eigenvalue weighted by Gasteiger charge is -2.40. The van der Waals surface area contributed by atoms with Crippen LogP contribution in [0.3, 0.4) is 0 Å². The van der Waals surface area contributed by atoms with Crippen LogP contribution < -0.4 is 11.1 Å². The van der Waals surface area contributed by atoms with Gasteiger partial charge in [-0.15, -0.1) is 0 Å². The van der Waals surface area contributed by atoms with Gasteiger partial charge in [-0.25, -0.2) is 0 Å². The summed E-state index contributed by atoms with van der Waals surface area (Å²) >= 11 is 12.4. The van der Waals surface area contributed by atoms with Crippen molar-refractivity contribution >= 4 is 35.0 Å². The zero-order chi connectivity index (χ0) is 27.1. The quantitative estimate of drug-likeness (QED) is 0.336. The van der Waals surface area contributed by atoms with Gasteiger partial charge >= 0.3 is 0 Å². The third kappa shape index (κ3) is 7.23. The molecule has 3 N–H and O–H groups in total. The summed E-state index contributed by atoms with van der Waals surface area (Å²) in [4.78, 5) is 26.8. The number of hydrogen-bond acceptors (Lipinski definition) is 4. The van der Waals surface area contributed by atoms with Gasteiger partial charge in [0.25, 0.3) is 0 Å². The maximum Gasteiger partial charge on any atom is 0.246 e. The van der Waals surface area contributed by atoms with E-state index in [-0.39, 0.29) is 25.3 Å². The van der Waals surface area contributed by atoms with E-state index in [0.717, 1.165) is 28.7 Å². The zero-order valence-electron chi connectivity index (χ0n) is 21.1. The summed E-state index contributed by atoms with van der Waals surface area (Å²) in [7, 11) is 2.07. The number of nitrogens with two attached hydrogens (primary N) is 1. The first-order valence-electron chi connectivity index (χ1n) is 12.4. The third-order valence-electron chi connectivity index (χ3n) is 6.74. The van der Waals surface area contributed by atoms with Gasteiger partial charge in [0.15, 0.2) is 0 Å². The summed E-state index contributed by atoms with van der Waals surface area (Å²) in [6.07, 6.45) is 3.27. The van der Waals surface area contributed by atoms with Crippen LogP contribution in [0.2, 0.25) is 10.0 Å². The number of carbonyl (C=O) groups excluding carboxylic acids is 2. The van der Waals surface area contributed by atoms with Crippen LogP contribution in [0.1, 0.15) is 35.2 Å². The van der Waals surface area contributed by atoms with Crippen LogP contribution >= 0.6 is 23.2 Å². The van der Waals surface area contributed by atoms with Gasteiger partial charge in [0.1, 0.15) is 12.6 Å². The number of nitrogens with zero attached hydrogens (tertiary/aromatic N) is 1. The summed E-state index contributed by atoms with van der Waals surface area (Å²) in [5.41, 5.74) is 9.67. The number of halogens is 2. The molecule has 0 aromatic heterocycles. The fourth-order valence-electron chi connectivity index (χ4n) is 4.87. The molecule has 3 aromatic rings. The Labute approximate surface area is 233 Å². The van der Waals surface area contributed by atoms with E-state index in [2.05, 4.69) is 23.3 Å². The first-order valence-corrected chi connectivity index (χ1v) is 13.2. The Kier molecular flexibility index (Phi) is 9.58. The van der Waals surface area contributed by atoms with Gasteiger partial charge in [-0.2, -0.15) is 0 Å². The van der Waals surface area contributed by atoms with Crippen LogP contribution in [-0.2, 0) is 20.7 Å². The summed E-state index contributed by atoms with van der Waals surface area (Å²) in [6.45, 7) is 0.0602. The van der Waals surface area contributed by atoms with Crippen molar-refractivity contribution in [3.63, 3.8) is 0 Å². The first kappa shape index (κ1) is 27.9. The van der Waals surface area contributed by atoms with Crippen LogP contribution in [0.15, 0.2) is 90.5 Å². The first-order chi connectivity index (χ1) is 18.3. The van der Waals surface area contributed by atoms with Gasteiger partial charge in [-0.3, -0.25) is 14.5 Å². The lowest BCUT2D eigenvalue weighted by Crippen LogP contribution is -2.47. The summed E-state index contributed by atoms with van der Waals surface area (Å²) < 4.78 is 5.84. The molecule has 1 heterocycles. The van der Waals surface area contributed by atoms with E-state index in [1.807, 2.05) is 78.9 Å². The molecule has 1 aliphatic heterocycles. The Balaban J connectivity index is 1.44. The third-order valence-corrected chi connectivity index (χ3v) is 7.22. The van der Waals surface area contributed by atoms with Crippen LogP contribution in [-0.4, -0.2) is 43.0 Å². The fraction of sp³-hybridized carbons (Fsp3) is 0.267. The molecule has 3 atom stereocenters. The molecule has 0 radical (unpaired) electrons. The summed E-state index contributed by atoms with van der Waals surface area (Å²) in [6, 6.07) is 24.3. The molecule has 0 spiro atoms. The van der Waals surface area contributed by atoms with Crippen molar-refractivity contribution in [1.82, 2.24) is 10.2 Å². The minimum atomic E-state index is -0.812. The highest BCUT2D eigenvalue weighted by molar-refractivity contribution is 6.30. The van der Waals surface area contributed by atoms with Crippen molar-refractivity contribution in [2.75, 3.05) is 20.3 Å². The Hall–Kier alpha value is -3.16. The number of primary amides is 1. The number of rotatable bonds is 10. The normalized spacial score (nSPS) is 18.4. The zero-order valence-corrected chi connectivity index (χ0v) is 22.7. The molecule has 0 saturated carbocycles. The van der Waals surface area contributed by atoms with E-state index in [4.69, 9.17) is 33.7 Å². The van der Waals surface area contributed by atoms with Crippen LogP contribution in [0, 0.1) is 0 Å². The molecular weight excluding hydrogens is 521 g/mol. The smallest absolute Gasteiger partial charge is 0.246 e. The standard InChI is InChI=1S/C30H31Cl2N3O3/c1-35-27(21-10-13-24(31)14-11-21)15-12-23(29(35)22-8-5-9-25(32)17-22)18-38-19-28(36)34-26(30(33)37)16-20-6-3-2-4-7-20/h2-14,17,26-27,29H,15-16,18-19H2,1H3,(H2,33,37)(H,34,36)/t26-,27?,29?/m0/s1. The predicted molar refractivity (Wildman–Crippen MR) is 151 cm³/mol. The van der Waals surface area contributed by atoms with E-state index >= 15 is 0 Å². The number of likely N-dealkylation sites (N-methyl/N-ethyl adjacent to an activating group) is 1. The Bertz CT molecular complexity index is 1280. The molecule has 2 unspecified atom stereocenters. The molecule has 0 bridgehead atoms. The minimum absolute atomic E-state index is 0.0948. The highest BCUT2D eigenvalue weighted by Crippen LogP contribution is 2.41. The van der Waals surface area contributed by atoms with Crippen LogP contribution in [0.5, 0.6) is 0 Å². The van der Waals surface area contributed by atoms with Gasteiger partial charge in [0, 0.05) is 22.5 Å². The Morgan fingerprint density at radius 3 is 2.42 bits per heavy atom. The number of ether oxygens (including phenoxy) is 1. The second-order valence-corrected chi connectivity index (χ2v) is 10.3. The largest absolute Gasteiger partial charge is 0.368 e. The SMILES string of the molecule is CN1C(c2ccc(Cl)cc2)CC=C(COCC(=O)N[C@@H](Cc2ccccc2)C(N)=O)C1c1cccc(Cl)c1. The highest BCUT2D eigenvalue weighted by Gasteiger charge is 2.32. The minimum Gasteiger partial charge on any atom is -0.368 e. The monoisotopic (exact) mass is 551 g/mol. The van der Waals surface area contributed by atoms with E-state index in [0.29, 0.717) is 16.5 Å². The van der Waals surface area contributed by atoms with Gasteiger partial charge in [-0.1, -0.05) is 83.9 Å². The van der Waals surface area contributed by atoms with E-state index in [1.165, 1.54) is 0 Å². The van der Waals surface area contributed by atoms with Crippen molar-refractivity contribution in [1.29, 1.82) is 0 Å². The number of benzene rings is 3. The van der Waals surface area contributed by atoms with E-state index in [1.54, 1.807) is 0 Å². The average Bonchev–Trinajstić information content (AvgIpc) is 2.90. The van der Waals surface area contributed by atoms with E-state index in [9.17, 15) is 9.59 Å². The van der Waals surface area contributed by atoms with Crippen molar-refractivity contribution in [2.24, 2.45) is 5.73 Å². The predicted octanol–water partition coefficient (Wildman–Crippen LogP) is 5.27. The van der Waals surface area contributed by atoms with Gasteiger partial charge in [0.05, 0.1) is 12.6 Å². The Morgan fingerprint density at radius 2 is 1.74 bits per heavy atom. The maximum atomic E-state index is 12.6. The van der Waals surface area contributed by atoms with Crippen molar-refractivity contribution in [3.8, 4) is 0 Å². The highest BCUT2D eigenvalue weighted by atomic mass is 35.5. The number of hydrogen-bond donors (Lipinski definition) is 2. The molecule has 6 nitrogen and oxygen atoms in total. The van der Waals surface area contributed by atoms with Crippen LogP contribution in [0.25, 0.3) is 0 Å². The molecule has 8 heteroatoms. The molecule has 0 saturated heterocycles. The lowest BCUT2D eigenvalue weighted by molar-refractivity contribution is -0.130. The van der Waals surface area contributed by atoms with Gasteiger partial charge in [-0.05, 0) is 60.0 Å². The average molecular weight is 553 g/mol. The van der Waals surface area contributed by atoms with Gasteiger partial charge < -0.3 is 15.8 Å². The maximum absolute atomic E-state index is 12.6. The summed E-state index contributed by atoms with van der Waals surface area (Å²) in [5.74, 6) is -0.985. The summed E-state index contributed by atoms with van der Waals surface area (Å²) in [5, 5.41) is 4.05. The van der Waals surface area contributed by atoms with Gasteiger partial charge in [0.2, 0.25) is 11.8 Å². The molecule has 4 rings (SSSR count). The number of amides is 2. The van der Waals surface area contributed by atoms with Crippen molar-refractivity contribution in [2.45, 2.75) is 31.0 Å². The van der Waals surface area contributed by atoms with Crippen molar-refractivity contribution in [3.05, 3.63) is 117 Å². The molecule has 0 aliphatic carbocycles. The lowest BCUT2D eigenvalue weighted by atomic mass is 9.88. The molecule has 0 fully saturated rings. The molecule has 38 heavy (non-hydrogen) atoms. The van der Waals surface area contributed by atoms with E-state index < -0.39 is 17.9 Å². The van der Waals surface area contributed by atoms with Crippen molar-refractivity contribution < 1.29 is 14.3 Å². The molecule has 198 valence electrons. The topological polar surface area (TPSA) is 84.7 Å².